The molecule has 2 fully saturated rings. The number of nitrogens with one attached hydrogen (secondary N) is 2. The van der Waals surface area contributed by atoms with Crippen molar-refractivity contribution in [1.82, 2.24) is 15.6 Å². The Labute approximate surface area is 205 Å². The highest BCUT2D eigenvalue weighted by molar-refractivity contribution is 14.0. The topological polar surface area (TPSA) is 55.8 Å². The molecule has 2 aromatic rings. The molecule has 0 aliphatic carbocycles. The van der Waals surface area contributed by atoms with E-state index in [-0.39, 0.29) is 35.7 Å². The fourth-order valence-corrected chi connectivity index (χ4v) is 4.20. The third-order valence-corrected chi connectivity index (χ3v) is 5.79. The number of hydrogen-bond donors (Lipinski definition) is 2. The number of para-hydroxylation sites is 1. The molecule has 4 rings (SSSR count). The van der Waals surface area contributed by atoms with Gasteiger partial charge in [0.2, 0.25) is 0 Å². The van der Waals surface area contributed by atoms with E-state index in [0.717, 1.165) is 37.4 Å². The van der Waals surface area contributed by atoms with Crippen molar-refractivity contribution >= 4 is 41.4 Å². The summed E-state index contributed by atoms with van der Waals surface area (Å²) in [5.41, 5.74) is 1.10. The predicted octanol–water partition coefficient (Wildman–Crippen LogP) is 3.91. The van der Waals surface area contributed by atoms with Gasteiger partial charge in [0.1, 0.15) is 23.1 Å². The molecule has 0 amide bonds. The van der Waals surface area contributed by atoms with Gasteiger partial charge in [-0.05, 0) is 49.9 Å². The normalized spacial score (nSPS) is 18.6. The van der Waals surface area contributed by atoms with Gasteiger partial charge < -0.3 is 20.4 Å². The molecule has 9 heteroatoms. The van der Waals surface area contributed by atoms with Gasteiger partial charge in [0.25, 0.3) is 0 Å². The van der Waals surface area contributed by atoms with E-state index in [1.807, 2.05) is 13.1 Å². The van der Waals surface area contributed by atoms with Crippen LogP contribution in [0.2, 0.25) is 0 Å². The Morgan fingerprint density at radius 2 is 1.84 bits per heavy atom. The van der Waals surface area contributed by atoms with Gasteiger partial charge in [0.15, 0.2) is 5.96 Å². The zero-order chi connectivity index (χ0) is 21.6. The van der Waals surface area contributed by atoms with Crippen molar-refractivity contribution in [3.05, 3.63) is 53.7 Å². The largest absolute Gasteiger partial charge is 0.365 e. The highest BCUT2D eigenvalue weighted by atomic mass is 127. The van der Waals surface area contributed by atoms with Gasteiger partial charge in [-0.25, -0.2) is 18.8 Å². The van der Waals surface area contributed by atoms with Crippen molar-refractivity contribution in [2.75, 3.05) is 42.5 Å². The quantitative estimate of drug-likeness (QED) is 0.321. The molecule has 1 atom stereocenters. The van der Waals surface area contributed by atoms with Gasteiger partial charge in [0.05, 0.1) is 6.54 Å². The Bertz CT molecular complexity index is 882. The number of anilines is 2. The highest BCUT2D eigenvalue weighted by Crippen LogP contribution is 2.26. The van der Waals surface area contributed by atoms with Crippen molar-refractivity contribution in [3.63, 3.8) is 0 Å². The summed E-state index contributed by atoms with van der Waals surface area (Å²) in [5, 5.41) is 6.66. The van der Waals surface area contributed by atoms with Crippen LogP contribution in [0.3, 0.4) is 0 Å². The Morgan fingerprint density at radius 1 is 1.09 bits per heavy atom. The Kier molecular flexibility index (Phi) is 8.89. The Balaban J connectivity index is 0.00000289. The molecule has 0 spiro atoms. The van der Waals surface area contributed by atoms with E-state index >= 15 is 0 Å². The van der Waals surface area contributed by atoms with Crippen molar-refractivity contribution < 1.29 is 8.78 Å². The van der Waals surface area contributed by atoms with Gasteiger partial charge in [-0.3, -0.25) is 0 Å². The average molecular weight is 556 g/mol. The highest BCUT2D eigenvalue weighted by Gasteiger charge is 2.27. The van der Waals surface area contributed by atoms with Crippen LogP contribution < -0.4 is 20.4 Å². The zero-order valence-electron chi connectivity index (χ0n) is 18.4. The van der Waals surface area contributed by atoms with E-state index in [1.165, 1.54) is 31.0 Å². The van der Waals surface area contributed by atoms with Crippen LogP contribution in [-0.2, 0) is 6.54 Å². The van der Waals surface area contributed by atoms with Crippen LogP contribution in [0.25, 0.3) is 0 Å². The third kappa shape index (κ3) is 5.99. The monoisotopic (exact) mass is 556 g/mol. The first-order valence-electron chi connectivity index (χ1n) is 11.1. The number of benzene rings is 1. The third-order valence-electron chi connectivity index (χ3n) is 5.79. The van der Waals surface area contributed by atoms with Gasteiger partial charge in [-0.1, -0.05) is 12.1 Å². The van der Waals surface area contributed by atoms with Crippen LogP contribution in [0.1, 0.15) is 31.7 Å². The molecule has 1 aromatic carbocycles. The van der Waals surface area contributed by atoms with Crippen LogP contribution in [0.15, 0.2) is 41.5 Å². The number of guanidine groups is 1. The van der Waals surface area contributed by atoms with Crippen molar-refractivity contribution in [2.45, 2.75) is 38.8 Å². The van der Waals surface area contributed by atoms with Crippen LogP contribution in [0, 0.1) is 11.6 Å². The summed E-state index contributed by atoms with van der Waals surface area (Å²) in [7, 11) is 0. The second-order valence-electron chi connectivity index (χ2n) is 8.06. The lowest BCUT2D eigenvalue weighted by Crippen LogP contribution is -2.44. The second-order valence-corrected chi connectivity index (χ2v) is 8.06. The lowest BCUT2D eigenvalue weighted by Gasteiger charge is -2.21. The van der Waals surface area contributed by atoms with Crippen LogP contribution in [0.5, 0.6) is 0 Å². The summed E-state index contributed by atoms with van der Waals surface area (Å²) >= 11 is 0. The lowest BCUT2D eigenvalue weighted by atomic mass is 10.2. The summed E-state index contributed by atoms with van der Waals surface area (Å²) in [6, 6.07) is 8.19. The maximum absolute atomic E-state index is 14.1. The zero-order valence-corrected chi connectivity index (χ0v) is 20.7. The molecule has 1 aromatic heterocycles. The van der Waals surface area contributed by atoms with E-state index in [0.29, 0.717) is 25.6 Å². The fraction of sp³-hybridized carbons (Fsp3) is 0.478. The van der Waals surface area contributed by atoms with E-state index < -0.39 is 11.6 Å². The molecule has 2 aliphatic heterocycles. The molecule has 0 saturated carbocycles. The molecular weight excluding hydrogens is 525 g/mol. The first-order valence-corrected chi connectivity index (χ1v) is 11.1. The molecule has 3 heterocycles. The SMILES string of the molecule is CCNC(=NCc1ccc(N2CCCC2)nc1)NC1CCN(c2c(F)cccc2F)C1.I. The fourth-order valence-electron chi connectivity index (χ4n) is 4.20. The molecule has 6 nitrogen and oxygen atoms in total. The summed E-state index contributed by atoms with van der Waals surface area (Å²) in [6.07, 6.45) is 5.13. The molecule has 32 heavy (non-hydrogen) atoms. The minimum absolute atomic E-state index is 0. The molecule has 2 N–H and O–H groups in total. The lowest BCUT2D eigenvalue weighted by molar-refractivity contribution is 0.576. The van der Waals surface area contributed by atoms with E-state index in [4.69, 9.17) is 0 Å². The van der Waals surface area contributed by atoms with Crippen LogP contribution in [0.4, 0.5) is 20.3 Å². The molecule has 0 radical (unpaired) electrons. The number of aliphatic imine (C=N–C) groups is 1. The molecular formula is C23H31F2IN6. The Hall–Kier alpha value is -2.17. The minimum atomic E-state index is -0.522. The number of halogens is 3. The predicted molar refractivity (Wildman–Crippen MR) is 136 cm³/mol. The molecule has 2 aliphatic rings. The smallest absolute Gasteiger partial charge is 0.191 e. The maximum Gasteiger partial charge on any atom is 0.191 e. The number of hydrogen-bond acceptors (Lipinski definition) is 4. The first-order chi connectivity index (χ1) is 15.1. The average Bonchev–Trinajstić information content (AvgIpc) is 3.45. The molecule has 174 valence electrons. The van der Waals surface area contributed by atoms with E-state index in [9.17, 15) is 8.78 Å². The van der Waals surface area contributed by atoms with E-state index in [1.54, 1.807) is 4.90 Å². The molecule has 2 saturated heterocycles. The summed E-state index contributed by atoms with van der Waals surface area (Å²) < 4.78 is 28.2. The van der Waals surface area contributed by atoms with Gasteiger partial charge in [-0.2, -0.15) is 0 Å². The first kappa shape index (κ1) is 24.5. The summed E-state index contributed by atoms with van der Waals surface area (Å²) in [5.74, 6) is 0.686. The second kappa shape index (κ2) is 11.6. The summed E-state index contributed by atoms with van der Waals surface area (Å²) in [6.45, 7) is 6.53. The van der Waals surface area contributed by atoms with Crippen LogP contribution in [-0.4, -0.2) is 49.7 Å². The Morgan fingerprint density at radius 3 is 2.50 bits per heavy atom. The summed E-state index contributed by atoms with van der Waals surface area (Å²) in [4.78, 5) is 13.3. The number of aromatic nitrogens is 1. The number of nitrogens with zero attached hydrogens (tertiary/aromatic N) is 4. The number of rotatable bonds is 6. The molecule has 1 unspecified atom stereocenters. The van der Waals surface area contributed by atoms with Crippen molar-refractivity contribution in [3.8, 4) is 0 Å². The van der Waals surface area contributed by atoms with Crippen molar-refractivity contribution in [2.24, 2.45) is 4.99 Å². The van der Waals surface area contributed by atoms with Crippen LogP contribution >= 0.6 is 24.0 Å². The van der Waals surface area contributed by atoms with Gasteiger partial charge in [0, 0.05) is 45.0 Å². The van der Waals surface area contributed by atoms with Crippen molar-refractivity contribution in [1.29, 1.82) is 0 Å². The maximum atomic E-state index is 14.1. The van der Waals surface area contributed by atoms with Gasteiger partial charge >= 0.3 is 0 Å². The number of pyridine rings is 1. The van der Waals surface area contributed by atoms with E-state index in [2.05, 4.69) is 37.6 Å². The standard InChI is InChI=1S/C23H30F2N6.HI/c1-2-26-23(28-15-17-8-9-21(27-14-17)30-11-3-4-12-30)29-18-10-13-31(16-18)22-19(24)6-5-7-20(22)25;/h5-9,14,18H,2-4,10-13,15-16H2,1H3,(H2,26,28,29);1H. The minimum Gasteiger partial charge on any atom is -0.365 e. The van der Waals surface area contributed by atoms with Gasteiger partial charge in [-0.15, -0.1) is 24.0 Å². The molecule has 0 bridgehead atoms.